The van der Waals surface area contributed by atoms with Crippen LogP contribution in [0.25, 0.3) is 0 Å². The molecule has 30 heavy (non-hydrogen) atoms. The number of ether oxygens (including phenoxy) is 1. The summed E-state index contributed by atoms with van der Waals surface area (Å²) in [5, 5.41) is 2.98. The third-order valence-corrected chi connectivity index (χ3v) is 5.14. The summed E-state index contributed by atoms with van der Waals surface area (Å²) >= 11 is 0. The van der Waals surface area contributed by atoms with Crippen LogP contribution in [-0.2, 0) is 16.0 Å². The number of nitrogens with zero attached hydrogens (tertiary/aromatic N) is 1. The van der Waals surface area contributed by atoms with Crippen molar-refractivity contribution in [3.63, 3.8) is 0 Å². The molecule has 162 valence electrons. The first-order chi connectivity index (χ1) is 14.6. The molecule has 0 aromatic heterocycles. The first-order valence-corrected chi connectivity index (χ1v) is 10.9. The van der Waals surface area contributed by atoms with Crippen molar-refractivity contribution >= 4 is 11.8 Å². The number of hydrogen-bond donors (Lipinski definition) is 1. The van der Waals surface area contributed by atoms with Crippen molar-refractivity contribution in [3.05, 3.63) is 65.7 Å². The maximum atomic E-state index is 13.1. The Labute approximate surface area is 180 Å². The van der Waals surface area contributed by atoms with Gasteiger partial charge in [0.15, 0.2) is 6.61 Å². The van der Waals surface area contributed by atoms with Gasteiger partial charge in [0.25, 0.3) is 5.91 Å². The lowest BCUT2D eigenvalue weighted by atomic mass is 10.1. The molecule has 1 N–H and O–H groups in total. The molecule has 0 fully saturated rings. The highest BCUT2D eigenvalue weighted by Crippen LogP contribution is 2.17. The average Bonchev–Trinajstić information content (AvgIpc) is 2.76. The Morgan fingerprint density at radius 3 is 2.40 bits per heavy atom. The predicted molar refractivity (Wildman–Crippen MR) is 121 cm³/mol. The summed E-state index contributed by atoms with van der Waals surface area (Å²) in [6.07, 6.45) is 3.19. The number of nitrogens with one attached hydrogen (secondary N) is 1. The second-order valence-corrected chi connectivity index (χ2v) is 7.45. The number of aryl methyl sites for hydroxylation is 1. The fourth-order valence-corrected chi connectivity index (χ4v) is 3.34. The maximum absolute atomic E-state index is 13.1. The van der Waals surface area contributed by atoms with Crippen LogP contribution in [0.4, 0.5) is 0 Å². The Bertz CT molecular complexity index is 792. The number of carbonyl (C=O) groups excluding carboxylic acids is 2. The zero-order valence-corrected chi connectivity index (χ0v) is 18.4. The van der Waals surface area contributed by atoms with Crippen LogP contribution in [0.15, 0.2) is 54.6 Å². The summed E-state index contributed by atoms with van der Waals surface area (Å²) < 4.78 is 5.78. The molecule has 2 rings (SSSR count). The molecule has 0 radical (unpaired) electrons. The van der Waals surface area contributed by atoms with E-state index in [0.717, 1.165) is 24.0 Å². The lowest BCUT2D eigenvalue weighted by Gasteiger charge is -2.30. The van der Waals surface area contributed by atoms with Crippen LogP contribution in [0.2, 0.25) is 0 Å². The van der Waals surface area contributed by atoms with Crippen molar-refractivity contribution in [2.45, 2.75) is 52.5 Å². The van der Waals surface area contributed by atoms with Gasteiger partial charge < -0.3 is 15.0 Å². The molecule has 2 aromatic carbocycles. The van der Waals surface area contributed by atoms with Gasteiger partial charge in [-0.25, -0.2) is 0 Å². The Morgan fingerprint density at radius 1 is 1.03 bits per heavy atom. The maximum Gasteiger partial charge on any atom is 0.261 e. The van der Waals surface area contributed by atoms with E-state index in [1.165, 1.54) is 0 Å². The van der Waals surface area contributed by atoms with E-state index in [4.69, 9.17) is 4.74 Å². The standard InChI is InChI=1S/C25H34N2O3/c1-4-6-17-26-25(29)22(5-2)27(18-16-21-13-8-7-9-14-21)24(28)19-30-23-15-11-10-12-20(23)3/h7-15,22H,4-6,16-19H2,1-3H3,(H,26,29). The van der Waals surface area contributed by atoms with Crippen molar-refractivity contribution in [2.75, 3.05) is 19.7 Å². The van der Waals surface area contributed by atoms with Crippen molar-refractivity contribution in [1.29, 1.82) is 0 Å². The Morgan fingerprint density at radius 2 is 1.73 bits per heavy atom. The molecule has 5 nitrogen and oxygen atoms in total. The van der Waals surface area contributed by atoms with Crippen LogP contribution in [0.3, 0.4) is 0 Å². The van der Waals surface area contributed by atoms with Crippen LogP contribution in [0, 0.1) is 6.92 Å². The second kappa shape index (κ2) is 12.7. The smallest absolute Gasteiger partial charge is 0.261 e. The molecule has 0 bridgehead atoms. The predicted octanol–water partition coefficient (Wildman–Crippen LogP) is 4.14. The minimum atomic E-state index is -0.501. The quantitative estimate of drug-likeness (QED) is 0.535. The molecule has 0 spiro atoms. The van der Waals surface area contributed by atoms with Crippen molar-refractivity contribution in [1.82, 2.24) is 10.2 Å². The highest BCUT2D eigenvalue weighted by molar-refractivity contribution is 5.88. The number of rotatable bonds is 12. The van der Waals surface area contributed by atoms with Gasteiger partial charge in [0.1, 0.15) is 11.8 Å². The molecule has 5 heteroatoms. The first-order valence-electron chi connectivity index (χ1n) is 10.9. The van der Waals surface area contributed by atoms with Crippen LogP contribution >= 0.6 is 0 Å². The lowest BCUT2D eigenvalue weighted by molar-refractivity contribution is -0.142. The Kier molecular flexibility index (Phi) is 9.92. The van der Waals surface area contributed by atoms with Gasteiger partial charge in [-0.3, -0.25) is 9.59 Å². The molecule has 0 heterocycles. The summed E-state index contributed by atoms with van der Waals surface area (Å²) in [5.74, 6) is 0.421. The number of benzene rings is 2. The fourth-order valence-electron chi connectivity index (χ4n) is 3.34. The molecular weight excluding hydrogens is 376 g/mol. The van der Waals surface area contributed by atoms with E-state index in [1.54, 1.807) is 4.90 Å². The number of amides is 2. The molecule has 0 aliphatic carbocycles. The second-order valence-electron chi connectivity index (χ2n) is 7.45. The average molecular weight is 411 g/mol. The first kappa shape index (κ1) is 23.5. The van der Waals surface area contributed by atoms with E-state index < -0.39 is 6.04 Å². The molecule has 0 aliphatic rings. The summed E-state index contributed by atoms with van der Waals surface area (Å²) in [4.78, 5) is 27.6. The normalized spacial score (nSPS) is 11.6. The molecule has 2 aromatic rings. The molecule has 1 atom stereocenters. The van der Waals surface area contributed by atoms with E-state index in [0.29, 0.717) is 31.7 Å². The van der Waals surface area contributed by atoms with Crippen LogP contribution < -0.4 is 10.1 Å². The number of carbonyl (C=O) groups is 2. The van der Waals surface area contributed by atoms with Gasteiger partial charge in [-0.15, -0.1) is 0 Å². The van der Waals surface area contributed by atoms with Gasteiger partial charge in [0, 0.05) is 13.1 Å². The van der Waals surface area contributed by atoms with Crippen LogP contribution in [0.1, 0.15) is 44.2 Å². The zero-order valence-electron chi connectivity index (χ0n) is 18.4. The molecule has 0 saturated carbocycles. The summed E-state index contributed by atoms with van der Waals surface area (Å²) in [7, 11) is 0. The Balaban J connectivity index is 2.10. The van der Waals surface area contributed by atoms with Gasteiger partial charge in [-0.2, -0.15) is 0 Å². The minimum absolute atomic E-state index is 0.0849. The molecule has 0 saturated heterocycles. The van der Waals surface area contributed by atoms with Gasteiger partial charge in [-0.05, 0) is 43.4 Å². The lowest BCUT2D eigenvalue weighted by Crippen LogP contribution is -2.51. The van der Waals surface area contributed by atoms with Crippen LogP contribution in [-0.4, -0.2) is 42.5 Å². The van der Waals surface area contributed by atoms with Gasteiger partial charge >= 0.3 is 0 Å². The van der Waals surface area contributed by atoms with E-state index in [1.807, 2.05) is 68.4 Å². The Hall–Kier alpha value is -2.82. The molecule has 2 amide bonds. The highest BCUT2D eigenvalue weighted by atomic mass is 16.5. The zero-order chi connectivity index (χ0) is 21.8. The van der Waals surface area contributed by atoms with E-state index >= 15 is 0 Å². The topological polar surface area (TPSA) is 58.6 Å². The van der Waals surface area contributed by atoms with Gasteiger partial charge in [0.05, 0.1) is 0 Å². The fraction of sp³-hybridized carbons (Fsp3) is 0.440. The van der Waals surface area contributed by atoms with Crippen molar-refractivity contribution in [2.24, 2.45) is 0 Å². The van der Waals surface area contributed by atoms with E-state index in [9.17, 15) is 9.59 Å². The number of para-hydroxylation sites is 1. The number of hydrogen-bond acceptors (Lipinski definition) is 3. The van der Waals surface area contributed by atoms with Crippen LogP contribution in [0.5, 0.6) is 5.75 Å². The molecular formula is C25H34N2O3. The summed E-state index contributed by atoms with van der Waals surface area (Å²) in [6, 6.07) is 17.1. The van der Waals surface area contributed by atoms with E-state index in [2.05, 4.69) is 12.2 Å². The third kappa shape index (κ3) is 7.21. The third-order valence-electron chi connectivity index (χ3n) is 5.14. The minimum Gasteiger partial charge on any atom is -0.484 e. The molecule has 0 aliphatic heterocycles. The van der Waals surface area contributed by atoms with E-state index in [-0.39, 0.29) is 18.4 Å². The SMILES string of the molecule is CCCCNC(=O)C(CC)N(CCc1ccccc1)C(=O)COc1ccccc1C. The highest BCUT2D eigenvalue weighted by Gasteiger charge is 2.28. The monoisotopic (exact) mass is 410 g/mol. The number of unbranched alkanes of at least 4 members (excludes halogenated alkanes) is 1. The van der Waals surface area contributed by atoms with Gasteiger partial charge in [0.2, 0.25) is 5.91 Å². The van der Waals surface area contributed by atoms with Crippen molar-refractivity contribution < 1.29 is 14.3 Å². The van der Waals surface area contributed by atoms with Crippen molar-refractivity contribution in [3.8, 4) is 5.75 Å². The largest absolute Gasteiger partial charge is 0.484 e. The summed E-state index contributed by atoms with van der Waals surface area (Å²) in [6.45, 7) is 6.99. The van der Waals surface area contributed by atoms with Gasteiger partial charge in [-0.1, -0.05) is 68.8 Å². The summed E-state index contributed by atoms with van der Waals surface area (Å²) in [5.41, 5.74) is 2.11. The molecule has 1 unspecified atom stereocenters.